The minimum atomic E-state index is -0.350. The van der Waals surface area contributed by atoms with Crippen molar-refractivity contribution in [2.75, 3.05) is 7.11 Å². The molecule has 3 aromatic rings. The lowest BCUT2D eigenvalue weighted by atomic mass is 9.97. The molecule has 0 amide bonds. The molecule has 2 N–H and O–H groups in total. The van der Waals surface area contributed by atoms with Crippen LogP contribution in [0, 0.1) is 13.8 Å². The summed E-state index contributed by atoms with van der Waals surface area (Å²) in [5.41, 5.74) is 3.07. The van der Waals surface area contributed by atoms with Crippen LogP contribution in [0.2, 0.25) is 0 Å². The molecule has 1 aromatic heterocycles. The molecule has 0 fully saturated rings. The number of ether oxygens (including phenoxy) is 1. The molecule has 0 saturated carbocycles. The Balaban J connectivity index is 2.05. The first-order chi connectivity index (χ1) is 12.4. The van der Waals surface area contributed by atoms with Crippen LogP contribution in [0.25, 0.3) is 11.1 Å². The van der Waals surface area contributed by atoms with Crippen molar-refractivity contribution in [3.63, 3.8) is 0 Å². The zero-order valence-corrected chi connectivity index (χ0v) is 14.8. The summed E-state index contributed by atoms with van der Waals surface area (Å²) in [7, 11) is 1.57. The number of H-pyrrole nitrogens is 1. The van der Waals surface area contributed by atoms with Gasteiger partial charge in [0.25, 0.3) is 5.56 Å². The summed E-state index contributed by atoms with van der Waals surface area (Å²) < 4.78 is 5.12. The molecule has 5 nitrogen and oxygen atoms in total. The highest BCUT2D eigenvalue weighted by Crippen LogP contribution is 2.26. The quantitative estimate of drug-likeness (QED) is 0.705. The number of pyridine rings is 1. The van der Waals surface area contributed by atoms with Gasteiger partial charge in [-0.25, -0.2) is 0 Å². The number of carbonyl (C=O) groups excluding carboxylic acids is 1. The molecular weight excluding hydrogens is 330 g/mol. The lowest BCUT2D eigenvalue weighted by molar-refractivity contribution is 0.103. The highest BCUT2D eigenvalue weighted by Gasteiger charge is 2.17. The molecule has 132 valence electrons. The van der Waals surface area contributed by atoms with E-state index in [2.05, 4.69) is 4.98 Å². The molecule has 2 aromatic carbocycles. The van der Waals surface area contributed by atoms with Crippen LogP contribution in [0.5, 0.6) is 11.5 Å². The number of methoxy groups -OCH3 is 1. The number of nitrogens with one attached hydrogen (secondary N) is 1. The summed E-state index contributed by atoms with van der Waals surface area (Å²) in [6.45, 7) is 3.74. The Labute approximate surface area is 150 Å². The van der Waals surface area contributed by atoms with E-state index in [1.54, 1.807) is 43.5 Å². The number of hydrogen-bond donors (Lipinski definition) is 2. The third kappa shape index (κ3) is 3.24. The monoisotopic (exact) mass is 349 g/mol. The fourth-order valence-electron chi connectivity index (χ4n) is 2.74. The van der Waals surface area contributed by atoms with Crippen LogP contribution in [0.3, 0.4) is 0 Å². The van der Waals surface area contributed by atoms with Crippen LogP contribution in [-0.2, 0) is 0 Å². The van der Waals surface area contributed by atoms with E-state index in [0.29, 0.717) is 22.4 Å². The molecule has 0 aliphatic carbocycles. The summed E-state index contributed by atoms with van der Waals surface area (Å²) in [6.07, 6.45) is 1.37. The zero-order chi connectivity index (χ0) is 18.8. The summed E-state index contributed by atoms with van der Waals surface area (Å²) in [5.74, 6) is 0.254. The fourth-order valence-corrected chi connectivity index (χ4v) is 2.74. The molecule has 5 heteroatoms. The van der Waals surface area contributed by atoms with E-state index in [4.69, 9.17) is 4.74 Å². The summed E-state index contributed by atoms with van der Waals surface area (Å²) in [5, 5.41) is 10.1. The minimum absolute atomic E-state index is 0.0738. The fraction of sp³-hybridized carbons (Fsp3) is 0.143. The second-order valence-corrected chi connectivity index (χ2v) is 6.14. The zero-order valence-electron chi connectivity index (χ0n) is 14.8. The van der Waals surface area contributed by atoms with Crippen LogP contribution >= 0.6 is 0 Å². The standard InChI is InChI=1S/C21H19NO4/c1-12-8-18(19(23)9-13(12)2)20(24)15-10-17(21(25)22-11-15)14-4-6-16(26-3)7-5-14/h4-11,23H,1-3H3,(H,22,25). The molecule has 0 spiro atoms. The molecule has 3 rings (SSSR count). The average molecular weight is 349 g/mol. The molecule has 0 aliphatic rings. The van der Waals surface area contributed by atoms with E-state index >= 15 is 0 Å². The summed E-state index contributed by atoms with van der Waals surface area (Å²) in [4.78, 5) is 27.6. The highest BCUT2D eigenvalue weighted by atomic mass is 16.5. The van der Waals surface area contributed by atoms with Crippen molar-refractivity contribution in [1.82, 2.24) is 4.98 Å². The Morgan fingerprint density at radius 3 is 2.35 bits per heavy atom. The van der Waals surface area contributed by atoms with Crippen LogP contribution in [0.4, 0.5) is 0 Å². The molecule has 0 atom stereocenters. The first-order valence-corrected chi connectivity index (χ1v) is 8.12. The summed E-state index contributed by atoms with van der Waals surface area (Å²) in [6, 6.07) is 11.8. The number of carbonyl (C=O) groups is 1. The highest BCUT2D eigenvalue weighted by molar-refractivity contribution is 6.11. The van der Waals surface area contributed by atoms with E-state index in [9.17, 15) is 14.7 Å². The third-order valence-corrected chi connectivity index (χ3v) is 4.42. The maximum atomic E-state index is 12.8. The smallest absolute Gasteiger partial charge is 0.255 e. The Kier molecular flexibility index (Phi) is 4.63. The van der Waals surface area contributed by atoms with Crippen molar-refractivity contribution in [2.45, 2.75) is 13.8 Å². The molecule has 26 heavy (non-hydrogen) atoms. The van der Waals surface area contributed by atoms with Gasteiger partial charge in [-0.1, -0.05) is 12.1 Å². The van der Waals surface area contributed by atoms with Crippen LogP contribution < -0.4 is 10.3 Å². The van der Waals surface area contributed by atoms with Crippen molar-refractivity contribution >= 4 is 5.78 Å². The molecule has 0 aliphatic heterocycles. The van der Waals surface area contributed by atoms with E-state index in [-0.39, 0.29) is 22.7 Å². The van der Waals surface area contributed by atoms with Crippen molar-refractivity contribution < 1.29 is 14.6 Å². The van der Waals surface area contributed by atoms with Gasteiger partial charge in [-0.3, -0.25) is 9.59 Å². The van der Waals surface area contributed by atoms with Crippen LogP contribution in [-0.4, -0.2) is 23.0 Å². The predicted molar refractivity (Wildman–Crippen MR) is 100 cm³/mol. The van der Waals surface area contributed by atoms with E-state index in [1.807, 2.05) is 13.8 Å². The predicted octanol–water partition coefficient (Wildman–Crippen LogP) is 3.60. The number of hydrogen-bond acceptors (Lipinski definition) is 4. The largest absolute Gasteiger partial charge is 0.507 e. The lowest BCUT2D eigenvalue weighted by Gasteiger charge is -2.09. The number of benzene rings is 2. The number of aromatic nitrogens is 1. The van der Waals surface area contributed by atoms with Gasteiger partial charge in [0, 0.05) is 17.3 Å². The first-order valence-electron chi connectivity index (χ1n) is 8.12. The first kappa shape index (κ1) is 17.5. The van der Waals surface area contributed by atoms with Gasteiger partial charge in [0.2, 0.25) is 0 Å². The van der Waals surface area contributed by atoms with Crippen molar-refractivity contribution in [2.24, 2.45) is 0 Å². The minimum Gasteiger partial charge on any atom is -0.507 e. The molecule has 1 heterocycles. The number of aromatic amines is 1. The maximum absolute atomic E-state index is 12.8. The third-order valence-electron chi connectivity index (χ3n) is 4.42. The SMILES string of the molecule is COc1ccc(-c2cc(C(=O)c3cc(C)c(C)cc3O)c[nH]c2=O)cc1. The van der Waals surface area contributed by atoms with Gasteiger partial charge in [0.1, 0.15) is 11.5 Å². The topological polar surface area (TPSA) is 79.4 Å². The second-order valence-electron chi connectivity index (χ2n) is 6.14. The van der Waals surface area contributed by atoms with E-state index in [1.165, 1.54) is 12.3 Å². The molecule has 0 unspecified atom stereocenters. The molecular formula is C21H19NO4. The Morgan fingerprint density at radius 2 is 1.69 bits per heavy atom. The summed E-state index contributed by atoms with van der Waals surface area (Å²) >= 11 is 0. The second kappa shape index (κ2) is 6.88. The van der Waals surface area contributed by atoms with Crippen molar-refractivity contribution in [3.05, 3.63) is 81.3 Å². The number of phenolic OH excluding ortho intramolecular Hbond substituents is 1. The van der Waals surface area contributed by atoms with Gasteiger partial charge >= 0.3 is 0 Å². The Hall–Kier alpha value is -3.34. The number of aromatic hydroxyl groups is 1. The number of rotatable bonds is 4. The van der Waals surface area contributed by atoms with E-state index in [0.717, 1.165) is 11.1 Å². The normalized spacial score (nSPS) is 10.6. The van der Waals surface area contributed by atoms with Gasteiger partial charge in [0.15, 0.2) is 5.78 Å². The van der Waals surface area contributed by atoms with Gasteiger partial charge < -0.3 is 14.8 Å². The number of aryl methyl sites for hydroxylation is 2. The average Bonchev–Trinajstić information content (AvgIpc) is 2.64. The van der Waals surface area contributed by atoms with Gasteiger partial charge in [0.05, 0.1) is 12.7 Å². The van der Waals surface area contributed by atoms with Gasteiger partial charge in [-0.05, 0) is 60.9 Å². The molecule has 0 radical (unpaired) electrons. The maximum Gasteiger partial charge on any atom is 0.255 e. The number of phenols is 1. The van der Waals surface area contributed by atoms with Gasteiger partial charge in [-0.2, -0.15) is 0 Å². The van der Waals surface area contributed by atoms with Crippen LogP contribution in [0.15, 0.2) is 53.5 Å². The molecule has 0 saturated heterocycles. The molecule has 0 bridgehead atoms. The van der Waals surface area contributed by atoms with E-state index < -0.39 is 0 Å². The van der Waals surface area contributed by atoms with Crippen molar-refractivity contribution in [3.8, 4) is 22.6 Å². The Bertz CT molecular complexity index is 1030. The van der Waals surface area contributed by atoms with Gasteiger partial charge in [-0.15, -0.1) is 0 Å². The Morgan fingerprint density at radius 1 is 1.04 bits per heavy atom. The van der Waals surface area contributed by atoms with Crippen molar-refractivity contribution in [1.29, 1.82) is 0 Å². The lowest BCUT2D eigenvalue weighted by Crippen LogP contribution is -2.12. The van der Waals surface area contributed by atoms with Crippen LogP contribution in [0.1, 0.15) is 27.0 Å². The number of ketones is 1.